The van der Waals surface area contributed by atoms with Crippen LogP contribution in [-0.2, 0) is 19.4 Å². The highest BCUT2D eigenvalue weighted by atomic mass is 16.3. The summed E-state index contributed by atoms with van der Waals surface area (Å²) in [6.07, 6.45) is 8.41. The summed E-state index contributed by atoms with van der Waals surface area (Å²) in [6.45, 7) is 0.935. The fourth-order valence-electron chi connectivity index (χ4n) is 4.24. The highest BCUT2D eigenvalue weighted by molar-refractivity contribution is 5.95. The van der Waals surface area contributed by atoms with E-state index < -0.39 is 0 Å². The summed E-state index contributed by atoms with van der Waals surface area (Å²) < 4.78 is 0. The van der Waals surface area contributed by atoms with E-state index in [2.05, 4.69) is 20.5 Å². The number of likely N-dealkylation sites (tertiary alicyclic amines) is 1. The predicted octanol–water partition coefficient (Wildman–Crippen LogP) is 1.60. The molecule has 2 aromatic heterocycles. The maximum Gasteiger partial charge on any atom is 0.274 e. The SMILES string of the molecule is O=C(NCC1CCCCN1C(=O)c1n[nH]c2c1CCCC2)c1ccc(CO)nc1. The van der Waals surface area contributed by atoms with Crippen molar-refractivity contribution < 1.29 is 14.7 Å². The van der Waals surface area contributed by atoms with Crippen molar-refractivity contribution in [3.8, 4) is 0 Å². The van der Waals surface area contributed by atoms with E-state index in [1.165, 1.54) is 6.20 Å². The second kappa shape index (κ2) is 8.73. The number of H-pyrrole nitrogens is 1. The number of rotatable bonds is 5. The molecule has 0 bridgehead atoms. The van der Waals surface area contributed by atoms with Gasteiger partial charge in [0.2, 0.25) is 0 Å². The van der Waals surface area contributed by atoms with Gasteiger partial charge in [-0.25, -0.2) is 0 Å². The van der Waals surface area contributed by atoms with Crippen LogP contribution in [0, 0.1) is 0 Å². The van der Waals surface area contributed by atoms with Crippen molar-refractivity contribution in [3.05, 3.63) is 46.5 Å². The van der Waals surface area contributed by atoms with Gasteiger partial charge in [-0.15, -0.1) is 0 Å². The number of aliphatic hydroxyl groups is 1. The largest absolute Gasteiger partial charge is 0.390 e. The minimum absolute atomic E-state index is 0.0303. The number of aromatic nitrogens is 3. The summed E-state index contributed by atoms with van der Waals surface area (Å²) in [5, 5.41) is 19.4. The molecule has 0 aromatic carbocycles. The Morgan fingerprint density at radius 3 is 2.86 bits per heavy atom. The van der Waals surface area contributed by atoms with E-state index in [4.69, 9.17) is 5.11 Å². The number of hydrogen-bond acceptors (Lipinski definition) is 5. The number of piperidine rings is 1. The van der Waals surface area contributed by atoms with Gasteiger partial charge in [0, 0.05) is 36.6 Å². The summed E-state index contributed by atoms with van der Waals surface area (Å²) in [7, 11) is 0. The molecular formula is C21H27N5O3. The first-order valence-corrected chi connectivity index (χ1v) is 10.4. The number of pyridine rings is 1. The fraction of sp³-hybridized carbons (Fsp3) is 0.524. The molecule has 1 aliphatic heterocycles. The van der Waals surface area contributed by atoms with Crippen LogP contribution in [0.15, 0.2) is 18.3 Å². The summed E-state index contributed by atoms with van der Waals surface area (Å²) in [4.78, 5) is 31.6. The Balaban J connectivity index is 1.42. The Morgan fingerprint density at radius 1 is 1.21 bits per heavy atom. The van der Waals surface area contributed by atoms with Gasteiger partial charge in [0.15, 0.2) is 5.69 Å². The van der Waals surface area contributed by atoms with Crippen molar-refractivity contribution in [2.24, 2.45) is 0 Å². The molecule has 1 aliphatic carbocycles. The predicted molar refractivity (Wildman–Crippen MR) is 106 cm³/mol. The van der Waals surface area contributed by atoms with Gasteiger partial charge in [-0.05, 0) is 57.1 Å². The molecule has 2 amide bonds. The number of nitrogens with zero attached hydrogens (tertiary/aromatic N) is 3. The van der Waals surface area contributed by atoms with Crippen LogP contribution < -0.4 is 5.32 Å². The first-order chi connectivity index (χ1) is 14.2. The molecule has 8 heteroatoms. The maximum absolute atomic E-state index is 13.2. The zero-order chi connectivity index (χ0) is 20.2. The van der Waals surface area contributed by atoms with Crippen molar-refractivity contribution in [1.29, 1.82) is 0 Å². The van der Waals surface area contributed by atoms with Gasteiger partial charge in [-0.2, -0.15) is 5.10 Å². The van der Waals surface area contributed by atoms with E-state index in [9.17, 15) is 9.59 Å². The lowest BCUT2D eigenvalue weighted by Gasteiger charge is -2.35. The van der Waals surface area contributed by atoms with E-state index in [-0.39, 0.29) is 24.5 Å². The van der Waals surface area contributed by atoms with Crippen LogP contribution in [0.5, 0.6) is 0 Å². The number of carbonyl (C=O) groups excluding carboxylic acids is 2. The quantitative estimate of drug-likeness (QED) is 0.710. The third-order valence-electron chi connectivity index (χ3n) is 5.89. The molecule has 2 aromatic rings. The molecule has 0 saturated carbocycles. The molecule has 29 heavy (non-hydrogen) atoms. The minimum atomic E-state index is -0.225. The number of fused-ring (bicyclic) bond motifs is 1. The number of carbonyl (C=O) groups is 2. The van der Waals surface area contributed by atoms with Crippen LogP contribution in [0.25, 0.3) is 0 Å². The van der Waals surface area contributed by atoms with E-state index in [0.29, 0.717) is 30.0 Å². The Kier molecular flexibility index (Phi) is 5.89. The first kappa shape index (κ1) is 19.6. The summed E-state index contributed by atoms with van der Waals surface area (Å²) >= 11 is 0. The summed E-state index contributed by atoms with van der Waals surface area (Å²) in [5.74, 6) is -0.255. The van der Waals surface area contributed by atoms with Crippen LogP contribution in [-0.4, -0.2) is 56.1 Å². The van der Waals surface area contributed by atoms with Crippen molar-refractivity contribution in [3.63, 3.8) is 0 Å². The third-order valence-corrected chi connectivity index (χ3v) is 5.89. The average molecular weight is 397 g/mol. The molecule has 8 nitrogen and oxygen atoms in total. The zero-order valence-corrected chi connectivity index (χ0v) is 16.5. The number of hydrogen-bond donors (Lipinski definition) is 3. The number of nitrogens with one attached hydrogen (secondary N) is 2. The third kappa shape index (κ3) is 4.17. The zero-order valence-electron chi connectivity index (χ0n) is 16.5. The molecule has 1 fully saturated rings. The molecule has 3 heterocycles. The first-order valence-electron chi connectivity index (χ1n) is 10.4. The molecule has 1 atom stereocenters. The average Bonchev–Trinajstić information content (AvgIpc) is 3.21. The van der Waals surface area contributed by atoms with Gasteiger partial charge >= 0.3 is 0 Å². The Morgan fingerprint density at radius 2 is 2.07 bits per heavy atom. The second-order valence-corrected chi connectivity index (χ2v) is 7.79. The molecule has 3 N–H and O–H groups in total. The van der Waals surface area contributed by atoms with Crippen LogP contribution in [0.4, 0.5) is 0 Å². The van der Waals surface area contributed by atoms with E-state index >= 15 is 0 Å². The van der Waals surface area contributed by atoms with Gasteiger partial charge in [-0.3, -0.25) is 19.7 Å². The smallest absolute Gasteiger partial charge is 0.274 e. The van der Waals surface area contributed by atoms with Gasteiger partial charge in [0.1, 0.15) is 0 Å². The fourth-order valence-corrected chi connectivity index (χ4v) is 4.24. The molecule has 0 radical (unpaired) electrons. The Bertz CT molecular complexity index is 877. The molecular weight excluding hydrogens is 370 g/mol. The summed E-state index contributed by atoms with van der Waals surface area (Å²) in [5.41, 5.74) is 3.69. The molecule has 1 saturated heterocycles. The summed E-state index contributed by atoms with van der Waals surface area (Å²) in [6, 6.07) is 3.24. The lowest BCUT2D eigenvalue weighted by molar-refractivity contribution is 0.0595. The van der Waals surface area contributed by atoms with Crippen LogP contribution >= 0.6 is 0 Å². The number of aromatic amines is 1. The van der Waals surface area contributed by atoms with Crippen molar-refractivity contribution >= 4 is 11.8 Å². The van der Waals surface area contributed by atoms with Gasteiger partial charge < -0.3 is 15.3 Å². The normalized spacial score (nSPS) is 18.9. The van der Waals surface area contributed by atoms with E-state index in [0.717, 1.165) is 56.2 Å². The highest BCUT2D eigenvalue weighted by Crippen LogP contribution is 2.25. The molecule has 2 aliphatic rings. The lowest BCUT2D eigenvalue weighted by Crippen LogP contribution is -2.49. The van der Waals surface area contributed by atoms with Crippen molar-refractivity contribution in [1.82, 2.24) is 25.4 Å². The van der Waals surface area contributed by atoms with E-state index in [1.54, 1.807) is 12.1 Å². The van der Waals surface area contributed by atoms with Gasteiger partial charge in [0.05, 0.1) is 17.9 Å². The molecule has 154 valence electrons. The maximum atomic E-state index is 13.2. The van der Waals surface area contributed by atoms with Crippen molar-refractivity contribution in [2.45, 2.75) is 57.6 Å². The Labute approximate surface area is 169 Å². The minimum Gasteiger partial charge on any atom is -0.390 e. The van der Waals surface area contributed by atoms with Gasteiger partial charge in [-0.1, -0.05) is 0 Å². The standard InChI is InChI=1S/C21H27N5O3/c27-13-15-9-8-14(11-22-15)20(28)23-12-16-5-3-4-10-26(16)21(29)19-17-6-1-2-7-18(17)24-25-19/h8-9,11,16,27H,1-7,10,12-13H2,(H,23,28)(H,24,25). The monoisotopic (exact) mass is 397 g/mol. The Hall–Kier alpha value is -2.74. The second-order valence-electron chi connectivity index (χ2n) is 7.79. The number of amides is 2. The van der Waals surface area contributed by atoms with Crippen molar-refractivity contribution in [2.75, 3.05) is 13.1 Å². The van der Waals surface area contributed by atoms with Crippen LogP contribution in [0.2, 0.25) is 0 Å². The molecule has 1 unspecified atom stereocenters. The highest BCUT2D eigenvalue weighted by Gasteiger charge is 2.31. The number of aryl methyl sites for hydroxylation is 1. The molecule has 4 rings (SSSR count). The van der Waals surface area contributed by atoms with E-state index in [1.807, 2.05) is 4.90 Å². The molecule has 0 spiro atoms. The van der Waals surface area contributed by atoms with Gasteiger partial charge in [0.25, 0.3) is 11.8 Å². The number of aliphatic hydroxyl groups excluding tert-OH is 1. The van der Waals surface area contributed by atoms with Crippen LogP contribution in [0.1, 0.15) is 69.9 Å². The van der Waals surface area contributed by atoms with Crippen LogP contribution in [0.3, 0.4) is 0 Å². The lowest BCUT2D eigenvalue weighted by atomic mass is 9.94. The topological polar surface area (TPSA) is 111 Å².